The third-order valence-electron chi connectivity index (χ3n) is 5.73. The van der Waals surface area contributed by atoms with Crippen LogP contribution in [-0.4, -0.2) is 15.9 Å². The zero-order chi connectivity index (χ0) is 25.1. The first-order valence-corrected chi connectivity index (χ1v) is 11.4. The van der Waals surface area contributed by atoms with Crippen LogP contribution in [0.4, 0.5) is 0 Å². The maximum absolute atomic E-state index is 11.5. The first kappa shape index (κ1) is 29.7. The van der Waals surface area contributed by atoms with Crippen molar-refractivity contribution in [3.8, 4) is 11.3 Å². The number of carbonyl (C=O) groups is 1. The van der Waals surface area contributed by atoms with Crippen LogP contribution in [-0.2, 0) is 24.9 Å². The molecule has 3 rings (SSSR count). The summed E-state index contributed by atoms with van der Waals surface area (Å²) in [5, 5.41) is 12.0. The van der Waals surface area contributed by atoms with Gasteiger partial charge in [-0.3, -0.25) is 4.79 Å². The van der Waals surface area contributed by atoms with Crippen molar-refractivity contribution in [2.75, 3.05) is 0 Å². The molecule has 0 amide bonds. The predicted molar refractivity (Wildman–Crippen MR) is 140 cm³/mol. The molecule has 0 bridgehead atoms. The van der Waals surface area contributed by atoms with Crippen LogP contribution in [0.3, 0.4) is 0 Å². The fourth-order valence-electron chi connectivity index (χ4n) is 3.28. The number of allylic oxidation sites excluding steroid dienone is 2. The summed E-state index contributed by atoms with van der Waals surface area (Å²) in [7, 11) is 0. The quantitative estimate of drug-likeness (QED) is 0.176. The fraction of sp³-hybridized carbons (Fsp3) is 0.400. The van der Waals surface area contributed by atoms with Gasteiger partial charge in [-0.1, -0.05) is 86.6 Å². The van der Waals surface area contributed by atoms with Crippen molar-refractivity contribution in [3.63, 3.8) is 0 Å². The van der Waals surface area contributed by atoms with Gasteiger partial charge in [0.1, 0.15) is 5.76 Å². The van der Waals surface area contributed by atoms with Crippen molar-refractivity contribution >= 4 is 16.6 Å². The van der Waals surface area contributed by atoms with E-state index in [1.807, 2.05) is 47.7 Å². The first-order valence-electron chi connectivity index (χ1n) is 11.4. The topological polar surface area (TPSA) is 50.2 Å². The molecule has 3 aromatic rings. The number of nitrogens with zero attached hydrogens (tertiary/aromatic N) is 1. The van der Waals surface area contributed by atoms with Crippen LogP contribution in [0.2, 0.25) is 0 Å². The largest absolute Gasteiger partial charge is 0.512 e. The Hall–Kier alpha value is -2.29. The van der Waals surface area contributed by atoms with E-state index in [4.69, 9.17) is 0 Å². The molecule has 2 aromatic carbocycles. The number of ketones is 1. The van der Waals surface area contributed by atoms with E-state index >= 15 is 0 Å². The summed E-state index contributed by atoms with van der Waals surface area (Å²) >= 11 is 0. The average molecular weight is 637 g/mol. The second-order valence-corrected chi connectivity index (χ2v) is 10.9. The SMILES string of the molecule is CC(C)(C)C(=O)/C=C(\O)C(C)(C)C.Cc1[c-]c(-c2ncc(C)c3ccccc23)c(C)c(C)c1.[Ir]. The van der Waals surface area contributed by atoms with Gasteiger partial charge in [0.05, 0.1) is 0 Å². The second-order valence-electron chi connectivity index (χ2n) is 10.9. The molecule has 1 heterocycles. The molecular formula is C30H38IrNO2-. The third kappa shape index (κ3) is 7.35. The van der Waals surface area contributed by atoms with E-state index < -0.39 is 5.41 Å². The molecule has 0 aliphatic rings. The zero-order valence-corrected chi connectivity index (χ0v) is 24.6. The van der Waals surface area contributed by atoms with Gasteiger partial charge in [-0.25, -0.2) is 0 Å². The van der Waals surface area contributed by atoms with E-state index in [1.54, 1.807) is 0 Å². The van der Waals surface area contributed by atoms with Crippen LogP contribution in [0, 0.1) is 44.6 Å². The van der Waals surface area contributed by atoms with E-state index in [-0.39, 0.29) is 37.1 Å². The number of hydrogen-bond donors (Lipinski definition) is 1. The Morgan fingerprint density at radius 1 is 0.912 bits per heavy atom. The molecule has 1 radical (unpaired) electrons. The predicted octanol–water partition coefficient (Wildman–Crippen LogP) is 8.02. The number of hydrogen-bond acceptors (Lipinski definition) is 3. The Balaban J connectivity index is 0.000000364. The molecule has 3 nitrogen and oxygen atoms in total. The molecule has 34 heavy (non-hydrogen) atoms. The molecule has 0 fully saturated rings. The van der Waals surface area contributed by atoms with Crippen molar-refractivity contribution in [1.82, 2.24) is 4.98 Å². The summed E-state index contributed by atoms with van der Waals surface area (Å²) in [6.45, 7) is 19.6. The van der Waals surface area contributed by atoms with Gasteiger partial charge in [0.25, 0.3) is 0 Å². The number of rotatable bonds is 2. The van der Waals surface area contributed by atoms with E-state index in [2.05, 4.69) is 69.1 Å². The van der Waals surface area contributed by atoms with Gasteiger partial charge >= 0.3 is 0 Å². The number of aliphatic hydroxyl groups excluding tert-OH is 1. The van der Waals surface area contributed by atoms with Gasteiger partial charge < -0.3 is 10.1 Å². The fourth-order valence-corrected chi connectivity index (χ4v) is 3.28. The molecule has 4 heteroatoms. The van der Waals surface area contributed by atoms with Gasteiger partial charge in [0, 0.05) is 43.2 Å². The normalized spacial score (nSPS) is 12.0. The van der Waals surface area contributed by atoms with Crippen molar-refractivity contribution in [3.05, 3.63) is 76.7 Å². The minimum atomic E-state index is -0.417. The zero-order valence-electron chi connectivity index (χ0n) is 22.2. The Morgan fingerprint density at radius 3 is 2.00 bits per heavy atom. The molecule has 1 aromatic heterocycles. The number of aliphatic hydroxyl groups is 1. The van der Waals surface area contributed by atoms with E-state index in [0.717, 1.165) is 16.8 Å². The van der Waals surface area contributed by atoms with Gasteiger partial charge in [0.2, 0.25) is 0 Å². The monoisotopic (exact) mass is 637 g/mol. The van der Waals surface area contributed by atoms with Gasteiger partial charge in [0.15, 0.2) is 5.78 Å². The second kappa shape index (κ2) is 11.4. The third-order valence-corrected chi connectivity index (χ3v) is 5.73. The molecule has 0 unspecified atom stereocenters. The van der Waals surface area contributed by atoms with Crippen molar-refractivity contribution < 1.29 is 30.0 Å². The van der Waals surface area contributed by atoms with Crippen molar-refractivity contribution in [1.29, 1.82) is 0 Å². The number of benzene rings is 2. The van der Waals surface area contributed by atoms with E-state index in [0.29, 0.717) is 0 Å². The molecule has 1 N–H and O–H groups in total. The molecule has 0 aliphatic heterocycles. The molecule has 0 aliphatic carbocycles. The van der Waals surface area contributed by atoms with E-state index in [1.165, 1.54) is 33.5 Å². The molecule has 185 valence electrons. The van der Waals surface area contributed by atoms with E-state index in [9.17, 15) is 9.90 Å². The van der Waals surface area contributed by atoms with Gasteiger partial charge in [-0.2, -0.15) is 0 Å². The number of pyridine rings is 1. The Bertz CT molecular complexity index is 1190. The molecular weight excluding hydrogens is 599 g/mol. The van der Waals surface area contributed by atoms with Crippen LogP contribution >= 0.6 is 0 Å². The summed E-state index contributed by atoms with van der Waals surface area (Å²) in [5.41, 5.74) is 6.33. The summed E-state index contributed by atoms with van der Waals surface area (Å²) in [6.07, 6.45) is 3.29. The van der Waals surface area contributed by atoms with Crippen molar-refractivity contribution in [2.24, 2.45) is 10.8 Å². The summed E-state index contributed by atoms with van der Waals surface area (Å²) in [6, 6.07) is 14.1. The summed E-state index contributed by atoms with van der Waals surface area (Å²) < 4.78 is 0. The smallest absolute Gasteiger partial charge is 0.164 e. The van der Waals surface area contributed by atoms with Crippen LogP contribution in [0.1, 0.15) is 63.8 Å². The van der Waals surface area contributed by atoms with Crippen LogP contribution in [0.25, 0.3) is 22.0 Å². The minimum absolute atomic E-state index is 0. The molecule has 0 saturated carbocycles. The van der Waals surface area contributed by atoms with Gasteiger partial charge in [-0.15, -0.1) is 34.4 Å². The Kier molecular flexibility index (Phi) is 9.99. The average Bonchev–Trinajstić information content (AvgIpc) is 2.70. The first-order chi connectivity index (χ1) is 15.1. The maximum Gasteiger partial charge on any atom is 0.164 e. The van der Waals surface area contributed by atoms with Crippen LogP contribution in [0.15, 0.2) is 48.4 Å². The summed E-state index contributed by atoms with van der Waals surface area (Å²) in [4.78, 5) is 16.2. The number of fused-ring (bicyclic) bond motifs is 1. The Morgan fingerprint density at radius 2 is 1.47 bits per heavy atom. The molecule has 0 saturated heterocycles. The van der Waals surface area contributed by atoms with Crippen LogP contribution in [0.5, 0.6) is 0 Å². The standard InChI is InChI=1S/C19H18N.C11H20O2.Ir/c1-12-9-13(2)15(4)18(10-12)19-17-8-6-5-7-16(17)14(3)11-20-19;1-10(2,3)8(12)7-9(13)11(4,5)6;/h5-9,11H,1-4H3;7,12H,1-6H3;/q-1;;/b;8-7-;. The van der Waals surface area contributed by atoms with Crippen molar-refractivity contribution in [2.45, 2.75) is 69.2 Å². The van der Waals surface area contributed by atoms with Crippen LogP contribution < -0.4 is 0 Å². The molecule has 0 spiro atoms. The Labute approximate surface area is 219 Å². The molecule has 0 atom stereocenters. The maximum atomic E-state index is 11.5. The number of carbonyl (C=O) groups excluding carboxylic acids is 1. The number of aromatic nitrogens is 1. The summed E-state index contributed by atoms with van der Waals surface area (Å²) in [5.74, 6) is 0.104. The number of aryl methyl sites for hydroxylation is 3. The van der Waals surface area contributed by atoms with Gasteiger partial charge in [-0.05, 0) is 29.0 Å². The minimum Gasteiger partial charge on any atom is -0.512 e.